The molecule has 0 aliphatic carbocycles. The number of amides is 1. The molecule has 1 unspecified atom stereocenters. The summed E-state index contributed by atoms with van der Waals surface area (Å²) < 4.78 is 5.48. The number of likely N-dealkylation sites (tertiary alicyclic amines) is 1. The van der Waals surface area contributed by atoms with Crippen molar-refractivity contribution in [3.8, 4) is 5.75 Å². The van der Waals surface area contributed by atoms with Crippen LogP contribution in [0.2, 0.25) is 0 Å². The first-order chi connectivity index (χ1) is 14.7. The molecule has 1 atom stereocenters. The molecule has 2 aliphatic heterocycles. The molecule has 5 nitrogen and oxygen atoms in total. The fourth-order valence-electron chi connectivity index (χ4n) is 4.64. The van der Waals surface area contributed by atoms with Crippen LogP contribution in [0.1, 0.15) is 53.7 Å². The number of carbonyl (C=O) groups excluding carboxylic acids is 1. The van der Waals surface area contributed by atoms with Crippen LogP contribution in [0.15, 0.2) is 42.5 Å². The number of hydrogen-bond acceptors (Lipinski definition) is 4. The highest BCUT2D eigenvalue weighted by Crippen LogP contribution is 2.32. The lowest BCUT2D eigenvalue weighted by molar-refractivity contribution is 0.0924. The predicted molar refractivity (Wildman–Crippen MR) is 122 cm³/mol. The van der Waals surface area contributed by atoms with Gasteiger partial charge < -0.3 is 15.0 Å². The molecule has 2 heterocycles. The molecule has 2 aliphatic rings. The minimum absolute atomic E-state index is 0.0269. The van der Waals surface area contributed by atoms with Gasteiger partial charge in [0.05, 0.1) is 12.6 Å². The van der Waals surface area contributed by atoms with Gasteiger partial charge in [0.2, 0.25) is 0 Å². The van der Waals surface area contributed by atoms with E-state index in [4.69, 9.17) is 4.74 Å². The van der Waals surface area contributed by atoms with Gasteiger partial charge in [-0.25, -0.2) is 0 Å². The Bertz CT molecular complexity index is 859. The highest BCUT2D eigenvalue weighted by Gasteiger charge is 2.25. The van der Waals surface area contributed by atoms with Crippen molar-refractivity contribution in [3.63, 3.8) is 0 Å². The van der Waals surface area contributed by atoms with E-state index in [1.54, 1.807) is 0 Å². The number of ether oxygens (including phenoxy) is 1. The van der Waals surface area contributed by atoms with Gasteiger partial charge in [-0.1, -0.05) is 18.6 Å². The fourth-order valence-corrected chi connectivity index (χ4v) is 4.64. The topological polar surface area (TPSA) is 44.8 Å². The van der Waals surface area contributed by atoms with E-state index in [0.717, 1.165) is 31.8 Å². The Hall–Kier alpha value is -2.53. The minimum Gasteiger partial charge on any atom is -0.494 e. The average Bonchev–Trinajstić information content (AvgIpc) is 3.15. The molecule has 1 N–H and O–H groups in total. The van der Waals surface area contributed by atoms with Gasteiger partial charge in [-0.05, 0) is 80.7 Å². The van der Waals surface area contributed by atoms with Crippen molar-refractivity contribution in [1.29, 1.82) is 0 Å². The lowest BCUT2D eigenvalue weighted by Crippen LogP contribution is -2.40. The van der Waals surface area contributed by atoms with Crippen LogP contribution in [-0.4, -0.2) is 50.6 Å². The number of piperidine rings is 1. The molecule has 1 fully saturated rings. The first-order valence-electron chi connectivity index (χ1n) is 11.2. The minimum atomic E-state index is -0.0269. The third-order valence-electron chi connectivity index (χ3n) is 6.33. The lowest BCUT2D eigenvalue weighted by atomic mass is 9.98. The number of fused-ring (bicyclic) bond motifs is 1. The number of likely N-dealkylation sites (N-methyl/N-ethyl adjacent to an activating group) is 1. The second-order valence-corrected chi connectivity index (χ2v) is 8.34. The molecular weight excluding hydrogens is 374 g/mol. The Morgan fingerprint density at radius 3 is 2.57 bits per heavy atom. The fraction of sp³-hybridized carbons (Fsp3) is 0.480. The summed E-state index contributed by atoms with van der Waals surface area (Å²) in [7, 11) is 2.16. The summed E-state index contributed by atoms with van der Waals surface area (Å²) in [4.78, 5) is 17.7. The molecule has 2 aromatic rings. The third-order valence-corrected chi connectivity index (χ3v) is 6.33. The van der Waals surface area contributed by atoms with Gasteiger partial charge in [-0.2, -0.15) is 0 Å². The van der Waals surface area contributed by atoms with Crippen LogP contribution in [0.3, 0.4) is 0 Å². The second-order valence-electron chi connectivity index (χ2n) is 8.34. The van der Waals surface area contributed by atoms with Crippen LogP contribution in [0.4, 0.5) is 5.69 Å². The van der Waals surface area contributed by atoms with E-state index < -0.39 is 0 Å². The zero-order valence-electron chi connectivity index (χ0n) is 18.2. The van der Waals surface area contributed by atoms with Crippen LogP contribution in [-0.2, 0) is 6.42 Å². The summed E-state index contributed by atoms with van der Waals surface area (Å²) in [5.74, 6) is 0.768. The summed E-state index contributed by atoms with van der Waals surface area (Å²) in [6.07, 6.45) is 4.87. The number of hydrogen-bond donors (Lipinski definition) is 1. The van der Waals surface area contributed by atoms with Crippen LogP contribution >= 0.6 is 0 Å². The van der Waals surface area contributed by atoms with Gasteiger partial charge in [-0.15, -0.1) is 0 Å². The molecule has 0 aromatic heterocycles. The maximum Gasteiger partial charge on any atom is 0.251 e. The summed E-state index contributed by atoms with van der Waals surface area (Å²) in [6, 6.07) is 14.5. The summed E-state index contributed by atoms with van der Waals surface area (Å²) in [5.41, 5.74) is 4.76. The molecule has 1 saturated heterocycles. The maximum atomic E-state index is 12.8. The number of benzene rings is 2. The molecule has 0 radical (unpaired) electrons. The maximum absolute atomic E-state index is 12.8. The van der Waals surface area contributed by atoms with Crippen molar-refractivity contribution in [1.82, 2.24) is 10.2 Å². The monoisotopic (exact) mass is 407 g/mol. The Labute approximate surface area is 180 Å². The Morgan fingerprint density at radius 2 is 1.83 bits per heavy atom. The number of nitrogens with one attached hydrogen (secondary N) is 1. The van der Waals surface area contributed by atoms with Crippen molar-refractivity contribution in [2.75, 3.05) is 44.7 Å². The van der Waals surface area contributed by atoms with E-state index in [1.807, 2.05) is 31.2 Å². The van der Waals surface area contributed by atoms with Crippen LogP contribution in [0.5, 0.6) is 5.75 Å². The lowest BCUT2D eigenvalue weighted by Gasteiger charge is -2.35. The molecule has 0 spiro atoms. The van der Waals surface area contributed by atoms with E-state index in [9.17, 15) is 4.79 Å². The van der Waals surface area contributed by atoms with Crippen LogP contribution in [0.25, 0.3) is 0 Å². The van der Waals surface area contributed by atoms with E-state index in [-0.39, 0.29) is 11.9 Å². The van der Waals surface area contributed by atoms with Gasteiger partial charge in [0, 0.05) is 31.4 Å². The van der Waals surface area contributed by atoms with Gasteiger partial charge >= 0.3 is 0 Å². The molecule has 1 amide bonds. The summed E-state index contributed by atoms with van der Waals surface area (Å²) in [5, 5.41) is 3.19. The quantitative estimate of drug-likeness (QED) is 0.753. The molecular formula is C25H33N3O2. The van der Waals surface area contributed by atoms with Crippen molar-refractivity contribution < 1.29 is 9.53 Å². The largest absolute Gasteiger partial charge is 0.494 e. The first-order valence-corrected chi connectivity index (χ1v) is 11.2. The number of nitrogens with zero attached hydrogens (tertiary/aromatic N) is 2. The van der Waals surface area contributed by atoms with Crippen molar-refractivity contribution in [2.45, 2.75) is 38.6 Å². The first kappa shape index (κ1) is 20.7. The number of carbonyl (C=O) groups is 1. The molecule has 160 valence electrons. The second kappa shape index (κ2) is 9.52. The zero-order chi connectivity index (χ0) is 20.9. The summed E-state index contributed by atoms with van der Waals surface area (Å²) in [6.45, 7) is 6.49. The van der Waals surface area contributed by atoms with E-state index in [1.165, 1.54) is 36.1 Å². The Morgan fingerprint density at radius 1 is 1.07 bits per heavy atom. The van der Waals surface area contributed by atoms with Crippen molar-refractivity contribution >= 4 is 11.6 Å². The standard InChI is InChI=1S/C25H33N3O2/c1-3-30-22-10-7-19(8-11-22)25(29)26-18-24(28-14-5-4-6-15-28)20-9-12-23-21(17-20)13-16-27(23)2/h7-12,17,24H,3-6,13-16,18H2,1-2H3,(H,26,29). The van der Waals surface area contributed by atoms with Crippen molar-refractivity contribution in [2.24, 2.45) is 0 Å². The molecule has 5 heteroatoms. The molecule has 4 rings (SSSR count). The van der Waals surface area contributed by atoms with E-state index in [0.29, 0.717) is 18.7 Å². The summed E-state index contributed by atoms with van der Waals surface area (Å²) >= 11 is 0. The van der Waals surface area contributed by atoms with Gasteiger partial charge in [-0.3, -0.25) is 9.69 Å². The zero-order valence-corrected chi connectivity index (χ0v) is 18.2. The molecule has 0 bridgehead atoms. The van der Waals surface area contributed by atoms with E-state index in [2.05, 4.69) is 40.4 Å². The highest BCUT2D eigenvalue weighted by atomic mass is 16.5. The molecule has 30 heavy (non-hydrogen) atoms. The Balaban J connectivity index is 1.48. The number of anilines is 1. The number of rotatable bonds is 7. The average molecular weight is 408 g/mol. The van der Waals surface area contributed by atoms with Crippen molar-refractivity contribution in [3.05, 3.63) is 59.2 Å². The smallest absolute Gasteiger partial charge is 0.251 e. The van der Waals surface area contributed by atoms with Gasteiger partial charge in [0.1, 0.15) is 5.75 Å². The van der Waals surface area contributed by atoms with Gasteiger partial charge in [0.15, 0.2) is 0 Å². The van der Waals surface area contributed by atoms with E-state index >= 15 is 0 Å². The SMILES string of the molecule is CCOc1ccc(C(=O)NCC(c2ccc3c(c2)CCN3C)N2CCCCC2)cc1. The normalized spacial score (nSPS) is 17.5. The molecule has 2 aromatic carbocycles. The predicted octanol–water partition coefficient (Wildman–Crippen LogP) is 4.03. The van der Waals surface area contributed by atoms with Crippen LogP contribution in [0, 0.1) is 0 Å². The molecule has 0 saturated carbocycles. The third kappa shape index (κ3) is 4.62. The van der Waals surface area contributed by atoms with Crippen LogP contribution < -0.4 is 15.0 Å². The highest BCUT2D eigenvalue weighted by molar-refractivity contribution is 5.94. The van der Waals surface area contributed by atoms with Gasteiger partial charge in [0.25, 0.3) is 5.91 Å². The Kier molecular flexibility index (Phi) is 6.58.